The van der Waals surface area contributed by atoms with Crippen molar-refractivity contribution in [3.05, 3.63) is 315 Å². The third kappa shape index (κ3) is 16.3. The van der Waals surface area contributed by atoms with E-state index in [4.69, 9.17) is 29.9 Å². The molecule has 4 aliphatic rings. The standard InChI is InChI=1S/C100H92N14O2/c1-97(2,3)66-47-64(48-67(51-66)98(4,5)6)93-85-42-34-74(106-85)53-70-30-38-81(102-70)91(82-39-31-71(103-82)54-75-35-43-86(93)107-75)60-22-26-62(27-23-60)95(115)112-89-20-15-18-79(110-89)58-114(57-78-17-13-14-46-101-78)59-80-19-16-21-90(111-80)113-96(116)63-28-24-61(25-29-63)92-83-40-32-72(104-83)55-76-36-44-87(108-76)94(88-45-37-77(109-88)56-73-33-41-84(92)105-73)65-49-68(99(7,8)9)52-69(50-65)100(10,11)12/h13-56,102,104,107,109H,57-59H2,1-12H3,(H,110,112,115)(H,111,113,116). The molecule has 0 atom stereocenters. The number of benzene rings is 4. The summed E-state index contributed by atoms with van der Waals surface area (Å²) in [5, 5.41) is 6.14. The number of H-pyrrole nitrogens is 4. The quantitative estimate of drug-likeness (QED) is 0.0606. The first-order valence-corrected chi connectivity index (χ1v) is 39.6. The van der Waals surface area contributed by atoms with Crippen LogP contribution in [0.5, 0.6) is 0 Å². The highest BCUT2D eigenvalue weighted by molar-refractivity contribution is 6.06. The largest absolute Gasteiger partial charge is 0.355 e. The normalized spacial score (nSPS) is 12.8. The zero-order valence-corrected chi connectivity index (χ0v) is 67.4. The van der Waals surface area contributed by atoms with Gasteiger partial charge in [-0.15, -0.1) is 0 Å². The highest BCUT2D eigenvalue weighted by Gasteiger charge is 2.27. The van der Waals surface area contributed by atoms with Crippen LogP contribution in [0.1, 0.15) is 189 Å². The third-order valence-electron chi connectivity index (χ3n) is 21.6. The molecule has 4 aromatic carbocycles. The number of rotatable bonds is 14. The molecule has 16 heteroatoms. The number of fused-ring (bicyclic) bond motifs is 16. The minimum absolute atomic E-state index is 0.0687. The molecule has 13 heterocycles. The minimum atomic E-state index is -0.307. The van der Waals surface area contributed by atoms with E-state index in [2.05, 4.69) is 257 Å². The van der Waals surface area contributed by atoms with Crippen LogP contribution in [0.4, 0.5) is 11.6 Å². The van der Waals surface area contributed by atoms with Crippen molar-refractivity contribution < 1.29 is 9.59 Å². The first kappa shape index (κ1) is 75.1. The SMILES string of the molecule is CC(C)(C)c1cc(-c2c3nc(cc4ccc([nH]4)c(-c4ccc(C(=O)Nc5cccc(CN(Cc6ccccn6)Cc6cccc(NC(=O)c7ccc(-c8c9nc(cc%10ccc([nH]%10)c(-c%10cc(C(C)(C)C)cc(C(C)(C)C)c%10)c%10nc(cc%11ccc8[nH]%11)C=C%10)C=C9)cc7)n6)n5)cc4)c4nc(cc5ccc2[nH]5)C=C4)C=C3)cc(C(C)(C)C)c1. The average Bonchev–Trinajstić information content (AvgIpc) is 1.47. The summed E-state index contributed by atoms with van der Waals surface area (Å²) in [7, 11) is 0. The predicted molar refractivity (Wildman–Crippen MR) is 476 cm³/mol. The molecule has 9 aromatic heterocycles. The number of pyridine rings is 3. The molecule has 0 saturated heterocycles. The molecule has 4 aliphatic heterocycles. The molecular formula is C100H92N14O2. The van der Waals surface area contributed by atoms with Crippen LogP contribution in [0, 0.1) is 0 Å². The van der Waals surface area contributed by atoms with E-state index in [9.17, 15) is 9.59 Å². The van der Waals surface area contributed by atoms with Gasteiger partial charge in [-0.3, -0.25) is 19.5 Å². The molecular weight excluding hydrogens is 1430 g/mol. The maximum Gasteiger partial charge on any atom is 0.256 e. The van der Waals surface area contributed by atoms with Crippen LogP contribution in [0.25, 0.3) is 137 Å². The average molecular weight is 1520 g/mol. The van der Waals surface area contributed by atoms with E-state index < -0.39 is 0 Å². The van der Waals surface area contributed by atoms with E-state index >= 15 is 0 Å². The lowest BCUT2D eigenvalue weighted by Crippen LogP contribution is -2.24. The summed E-state index contributed by atoms with van der Waals surface area (Å²) < 4.78 is 0. The maximum absolute atomic E-state index is 14.3. The summed E-state index contributed by atoms with van der Waals surface area (Å²) in [6.45, 7) is 28.5. The molecule has 116 heavy (non-hydrogen) atoms. The molecule has 0 saturated carbocycles. The summed E-state index contributed by atoms with van der Waals surface area (Å²) in [4.78, 5) is 81.1. The number of carbonyl (C=O) groups excluding carboxylic acids is 2. The Morgan fingerprint density at radius 2 is 0.621 bits per heavy atom. The van der Waals surface area contributed by atoms with E-state index in [0.29, 0.717) is 42.4 Å². The number of aromatic nitrogens is 11. The lowest BCUT2D eigenvalue weighted by Gasteiger charge is -2.26. The van der Waals surface area contributed by atoms with Gasteiger partial charge in [-0.25, -0.2) is 29.9 Å². The summed E-state index contributed by atoms with van der Waals surface area (Å²) >= 11 is 0. The van der Waals surface area contributed by atoms with E-state index in [1.807, 2.05) is 115 Å². The summed E-state index contributed by atoms with van der Waals surface area (Å²) in [5.41, 5.74) is 29.7. The van der Waals surface area contributed by atoms with Crippen molar-refractivity contribution in [1.29, 1.82) is 0 Å². The second kappa shape index (κ2) is 30.1. The van der Waals surface area contributed by atoms with Gasteiger partial charge in [0, 0.05) is 103 Å². The Labute approximate surface area is 675 Å². The first-order chi connectivity index (χ1) is 55.6. The van der Waals surface area contributed by atoms with Crippen molar-refractivity contribution in [3.8, 4) is 44.5 Å². The van der Waals surface area contributed by atoms with Gasteiger partial charge in [-0.05, 0) is 248 Å². The van der Waals surface area contributed by atoms with Crippen LogP contribution in [0.3, 0.4) is 0 Å². The molecule has 13 aromatic rings. The number of hydrogen-bond donors (Lipinski definition) is 6. The topological polar surface area (TPSA) is 215 Å². The van der Waals surface area contributed by atoms with Crippen LogP contribution >= 0.6 is 0 Å². The van der Waals surface area contributed by atoms with E-state index in [0.717, 1.165) is 151 Å². The van der Waals surface area contributed by atoms with Gasteiger partial charge in [0.05, 0.1) is 62.6 Å². The molecule has 0 fully saturated rings. The fourth-order valence-corrected chi connectivity index (χ4v) is 15.2. The van der Waals surface area contributed by atoms with Gasteiger partial charge in [-0.2, -0.15) is 0 Å². The van der Waals surface area contributed by atoms with Crippen LogP contribution in [-0.2, 0) is 41.3 Å². The van der Waals surface area contributed by atoms with Gasteiger partial charge < -0.3 is 30.6 Å². The van der Waals surface area contributed by atoms with Gasteiger partial charge >= 0.3 is 0 Å². The van der Waals surface area contributed by atoms with Crippen LogP contribution < -0.4 is 10.6 Å². The molecule has 0 aliphatic carbocycles. The molecule has 16 nitrogen and oxygen atoms in total. The summed E-state index contributed by atoms with van der Waals surface area (Å²) in [6.07, 6.45) is 18.3. The Morgan fingerprint density at radius 3 is 0.931 bits per heavy atom. The van der Waals surface area contributed by atoms with Crippen molar-refractivity contribution in [2.24, 2.45) is 0 Å². The molecule has 17 rings (SSSR count). The van der Waals surface area contributed by atoms with E-state index in [1.54, 1.807) is 18.3 Å². The summed E-state index contributed by atoms with van der Waals surface area (Å²) in [5.74, 6) is 0.195. The van der Waals surface area contributed by atoms with Crippen LogP contribution in [-0.4, -0.2) is 71.5 Å². The Kier molecular flexibility index (Phi) is 19.5. The number of aromatic amines is 4. The third-order valence-corrected chi connectivity index (χ3v) is 21.6. The molecule has 16 bridgehead atoms. The monoisotopic (exact) mass is 1520 g/mol. The number of hydrogen-bond acceptors (Lipinski definition) is 10. The smallest absolute Gasteiger partial charge is 0.256 e. The number of anilines is 2. The van der Waals surface area contributed by atoms with Crippen molar-refractivity contribution in [1.82, 2.24) is 59.7 Å². The molecule has 6 N–H and O–H groups in total. The summed E-state index contributed by atoms with van der Waals surface area (Å²) in [6, 6.07) is 71.3. The number of amides is 2. The fourth-order valence-electron chi connectivity index (χ4n) is 15.2. The molecule has 0 radical (unpaired) electrons. The van der Waals surface area contributed by atoms with Gasteiger partial charge in [0.2, 0.25) is 0 Å². The van der Waals surface area contributed by atoms with Crippen LogP contribution in [0.2, 0.25) is 0 Å². The van der Waals surface area contributed by atoms with Crippen molar-refractivity contribution in [2.45, 2.75) is 124 Å². The lowest BCUT2D eigenvalue weighted by molar-refractivity contribution is 0.101. The Bertz CT molecular complexity index is 6130. The molecule has 2 amide bonds. The zero-order chi connectivity index (χ0) is 80.4. The number of nitrogens with one attached hydrogen (secondary N) is 6. The van der Waals surface area contributed by atoms with E-state index in [-0.39, 0.29) is 33.5 Å². The van der Waals surface area contributed by atoms with E-state index in [1.165, 1.54) is 22.3 Å². The lowest BCUT2D eigenvalue weighted by atomic mass is 9.78. The highest BCUT2D eigenvalue weighted by Crippen LogP contribution is 2.42. The number of nitrogens with zero attached hydrogens (tertiary/aromatic N) is 8. The van der Waals surface area contributed by atoms with Gasteiger partial charge in [-0.1, -0.05) is 162 Å². The van der Waals surface area contributed by atoms with Crippen LogP contribution in [0.15, 0.2) is 219 Å². The second-order valence-corrected chi connectivity index (χ2v) is 34.6. The Morgan fingerprint density at radius 1 is 0.310 bits per heavy atom. The molecule has 574 valence electrons. The minimum Gasteiger partial charge on any atom is -0.355 e. The zero-order valence-electron chi connectivity index (χ0n) is 67.4. The fraction of sp³-hybridized carbons (Fsp3) is 0.190. The maximum atomic E-state index is 14.3. The molecule has 0 unspecified atom stereocenters. The first-order valence-electron chi connectivity index (χ1n) is 39.6. The van der Waals surface area contributed by atoms with Crippen molar-refractivity contribution in [2.75, 3.05) is 10.6 Å². The van der Waals surface area contributed by atoms with Gasteiger partial charge in [0.1, 0.15) is 11.6 Å². The Balaban J connectivity index is 0.598. The number of carbonyl (C=O) groups is 2. The highest BCUT2D eigenvalue weighted by atomic mass is 16.2. The second-order valence-electron chi connectivity index (χ2n) is 34.6. The van der Waals surface area contributed by atoms with Gasteiger partial charge in [0.15, 0.2) is 0 Å². The van der Waals surface area contributed by atoms with Crippen molar-refractivity contribution in [3.63, 3.8) is 0 Å². The Hall–Kier alpha value is -13.6. The van der Waals surface area contributed by atoms with Crippen molar-refractivity contribution >= 4 is 116 Å². The molecule has 0 spiro atoms. The van der Waals surface area contributed by atoms with Gasteiger partial charge in [0.25, 0.3) is 11.8 Å². The predicted octanol–water partition coefficient (Wildman–Crippen LogP) is 23.4.